The lowest BCUT2D eigenvalue weighted by Gasteiger charge is -2.10. The van der Waals surface area contributed by atoms with Crippen LogP contribution in [0.5, 0.6) is 0 Å². The zero-order valence-corrected chi connectivity index (χ0v) is 8.58. The number of ketones is 2. The van der Waals surface area contributed by atoms with Crippen molar-refractivity contribution in [1.82, 2.24) is 0 Å². The van der Waals surface area contributed by atoms with E-state index in [0.29, 0.717) is 12.8 Å². The molecule has 14 heavy (non-hydrogen) atoms. The first-order valence-electron chi connectivity index (χ1n) is 4.74. The van der Waals surface area contributed by atoms with Crippen LogP contribution in [-0.4, -0.2) is 22.6 Å². The molecule has 0 heterocycles. The van der Waals surface area contributed by atoms with Gasteiger partial charge in [0.25, 0.3) is 0 Å². The first-order valence-corrected chi connectivity index (χ1v) is 4.74. The number of carbonyl (C=O) groups excluding carboxylic acids is 2. The Morgan fingerprint density at radius 1 is 1.21 bits per heavy atom. The summed E-state index contributed by atoms with van der Waals surface area (Å²) in [6, 6.07) is 0. The number of carboxylic acids is 1. The van der Waals surface area contributed by atoms with Gasteiger partial charge in [0, 0.05) is 12.8 Å². The Labute approximate surface area is 83.3 Å². The van der Waals surface area contributed by atoms with Gasteiger partial charge in [-0.2, -0.15) is 0 Å². The van der Waals surface area contributed by atoms with Gasteiger partial charge >= 0.3 is 5.97 Å². The highest BCUT2D eigenvalue weighted by molar-refractivity contribution is 6.01. The maximum Gasteiger partial charge on any atom is 0.303 e. The number of hydrogen-bond acceptors (Lipinski definition) is 3. The SMILES string of the molecule is CCCC(=O)C(CCC(=O)O)C(C)=O. The Morgan fingerprint density at radius 3 is 2.14 bits per heavy atom. The summed E-state index contributed by atoms with van der Waals surface area (Å²) >= 11 is 0. The second-order valence-electron chi connectivity index (χ2n) is 3.31. The molecule has 0 fully saturated rings. The number of hydrogen-bond donors (Lipinski definition) is 1. The van der Waals surface area contributed by atoms with Crippen LogP contribution in [0.4, 0.5) is 0 Å². The van der Waals surface area contributed by atoms with Gasteiger partial charge in [-0.3, -0.25) is 14.4 Å². The van der Waals surface area contributed by atoms with Gasteiger partial charge in [-0.05, 0) is 19.8 Å². The minimum absolute atomic E-state index is 0.125. The Morgan fingerprint density at radius 2 is 1.79 bits per heavy atom. The van der Waals surface area contributed by atoms with Gasteiger partial charge in [0.2, 0.25) is 0 Å². The zero-order valence-electron chi connectivity index (χ0n) is 8.58. The highest BCUT2D eigenvalue weighted by Gasteiger charge is 2.22. The average Bonchev–Trinajstić information content (AvgIpc) is 2.03. The Hall–Kier alpha value is -1.19. The van der Waals surface area contributed by atoms with Crippen molar-refractivity contribution < 1.29 is 19.5 Å². The molecule has 0 radical (unpaired) electrons. The molecule has 80 valence electrons. The quantitative estimate of drug-likeness (QED) is 0.631. The summed E-state index contributed by atoms with van der Waals surface area (Å²) in [5.74, 6) is -2.06. The lowest BCUT2D eigenvalue weighted by molar-refractivity contribution is -0.138. The standard InChI is InChI=1S/C10H16O4/c1-3-4-9(12)8(7(2)11)5-6-10(13)14/h8H,3-6H2,1-2H3,(H,13,14). The molecule has 0 spiro atoms. The molecule has 0 amide bonds. The second kappa shape index (κ2) is 6.29. The van der Waals surface area contributed by atoms with E-state index in [0.717, 1.165) is 0 Å². The number of rotatable bonds is 7. The summed E-state index contributed by atoms with van der Waals surface area (Å²) in [4.78, 5) is 32.7. The summed E-state index contributed by atoms with van der Waals surface area (Å²) in [5.41, 5.74) is 0. The summed E-state index contributed by atoms with van der Waals surface area (Å²) in [6.07, 6.45) is 1.04. The van der Waals surface area contributed by atoms with E-state index in [4.69, 9.17) is 5.11 Å². The van der Waals surface area contributed by atoms with E-state index >= 15 is 0 Å². The van der Waals surface area contributed by atoms with Gasteiger partial charge in [-0.25, -0.2) is 0 Å². The third kappa shape index (κ3) is 4.74. The molecule has 0 saturated heterocycles. The fourth-order valence-electron chi connectivity index (χ4n) is 1.28. The predicted molar refractivity (Wildman–Crippen MR) is 51.0 cm³/mol. The first kappa shape index (κ1) is 12.8. The Kier molecular flexibility index (Phi) is 5.76. The van der Waals surface area contributed by atoms with Crippen molar-refractivity contribution in [2.75, 3.05) is 0 Å². The van der Waals surface area contributed by atoms with Crippen LogP contribution in [0.1, 0.15) is 39.5 Å². The molecule has 4 heteroatoms. The van der Waals surface area contributed by atoms with E-state index in [-0.39, 0.29) is 24.4 Å². The Balaban J connectivity index is 4.22. The lowest BCUT2D eigenvalue weighted by atomic mass is 9.92. The molecule has 0 aliphatic carbocycles. The van der Waals surface area contributed by atoms with Gasteiger partial charge in [0.1, 0.15) is 11.6 Å². The molecular formula is C10H16O4. The topological polar surface area (TPSA) is 71.4 Å². The third-order valence-electron chi connectivity index (χ3n) is 2.02. The summed E-state index contributed by atoms with van der Waals surface area (Å²) in [6.45, 7) is 3.19. The third-order valence-corrected chi connectivity index (χ3v) is 2.02. The molecule has 0 aliphatic rings. The minimum Gasteiger partial charge on any atom is -0.481 e. The summed E-state index contributed by atoms with van der Waals surface area (Å²) in [7, 11) is 0. The fourth-order valence-corrected chi connectivity index (χ4v) is 1.28. The normalized spacial score (nSPS) is 12.1. The van der Waals surface area contributed by atoms with Crippen LogP contribution >= 0.6 is 0 Å². The highest BCUT2D eigenvalue weighted by atomic mass is 16.4. The van der Waals surface area contributed by atoms with E-state index in [1.807, 2.05) is 6.92 Å². The monoisotopic (exact) mass is 200 g/mol. The molecule has 0 aromatic rings. The van der Waals surface area contributed by atoms with Crippen molar-refractivity contribution in [3.63, 3.8) is 0 Å². The molecule has 0 aromatic heterocycles. The van der Waals surface area contributed by atoms with Crippen LogP contribution in [0.3, 0.4) is 0 Å². The highest BCUT2D eigenvalue weighted by Crippen LogP contribution is 2.12. The molecule has 1 N–H and O–H groups in total. The van der Waals surface area contributed by atoms with Crippen molar-refractivity contribution in [1.29, 1.82) is 0 Å². The van der Waals surface area contributed by atoms with Gasteiger partial charge in [0.05, 0.1) is 5.92 Å². The van der Waals surface area contributed by atoms with Crippen LogP contribution < -0.4 is 0 Å². The fraction of sp³-hybridized carbons (Fsp3) is 0.700. The van der Waals surface area contributed by atoms with E-state index < -0.39 is 11.9 Å². The maximum atomic E-state index is 11.4. The van der Waals surface area contributed by atoms with E-state index in [1.165, 1.54) is 6.92 Å². The van der Waals surface area contributed by atoms with Crippen LogP contribution in [0.15, 0.2) is 0 Å². The van der Waals surface area contributed by atoms with Crippen LogP contribution in [0.25, 0.3) is 0 Å². The van der Waals surface area contributed by atoms with Gasteiger partial charge in [-0.15, -0.1) is 0 Å². The maximum absolute atomic E-state index is 11.4. The predicted octanol–water partition coefficient (Wildman–Crippen LogP) is 1.43. The molecule has 4 nitrogen and oxygen atoms in total. The van der Waals surface area contributed by atoms with Gasteiger partial charge < -0.3 is 5.11 Å². The number of carboxylic acid groups (broad SMARTS) is 1. The molecule has 0 aliphatic heterocycles. The van der Waals surface area contributed by atoms with Gasteiger partial charge in [0.15, 0.2) is 0 Å². The number of Topliss-reactive ketones (excluding diaryl/α,β-unsaturated/α-hetero) is 2. The van der Waals surface area contributed by atoms with E-state index in [1.54, 1.807) is 0 Å². The van der Waals surface area contributed by atoms with Crippen molar-refractivity contribution in [2.24, 2.45) is 5.92 Å². The lowest BCUT2D eigenvalue weighted by Crippen LogP contribution is -2.22. The average molecular weight is 200 g/mol. The zero-order chi connectivity index (χ0) is 11.1. The number of aliphatic carboxylic acids is 1. The van der Waals surface area contributed by atoms with Crippen molar-refractivity contribution in [3.8, 4) is 0 Å². The van der Waals surface area contributed by atoms with Crippen molar-refractivity contribution in [2.45, 2.75) is 39.5 Å². The van der Waals surface area contributed by atoms with Crippen LogP contribution in [0.2, 0.25) is 0 Å². The molecule has 0 saturated carbocycles. The molecule has 0 aromatic carbocycles. The van der Waals surface area contributed by atoms with E-state index in [2.05, 4.69) is 0 Å². The van der Waals surface area contributed by atoms with E-state index in [9.17, 15) is 14.4 Å². The first-order chi connectivity index (χ1) is 6.49. The largest absolute Gasteiger partial charge is 0.481 e. The van der Waals surface area contributed by atoms with Crippen LogP contribution in [0, 0.1) is 5.92 Å². The minimum atomic E-state index is -0.972. The van der Waals surface area contributed by atoms with Crippen molar-refractivity contribution in [3.05, 3.63) is 0 Å². The molecular weight excluding hydrogens is 184 g/mol. The van der Waals surface area contributed by atoms with Crippen molar-refractivity contribution >= 4 is 17.5 Å². The molecule has 0 bridgehead atoms. The molecule has 0 rings (SSSR count). The number of carbonyl (C=O) groups is 3. The summed E-state index contributed by atoms with van der Waals surface area (Å²) < 4.78 is 0. The summed E-state index contributed by atoms with van der Waals surface area (Å²) in [5, 5.41) is 8.43. The molecule has 1 unspecified atom stereocenters. The van der Waals surface area contributed by atoms with Gasteiger partial charge in [-0.1, -0.05) is 6.92 Å². The Bertz CT molecular complexity index is 232. The smallest absolute Gasteiger partial charge is 0.303 e. The van der Waals surface area contributed by atoms with Crippen LogP contribution in [-0.2, 0) is 14.4 Å². The molecule has 1 atom stereocenters. The second-order valence-corrected chi connectivity index (χ2v) is 3.31.